The zero-order chi connectivity index (χ0) is 20.5. The molecule has 4 rings (SSSR count). The molecular weight excluding hydrogens is 360 g/mol. The Balaban J connectivity index is 1.58. The van der Waals surface area contributed by atoms with E-state index in [2.05, 4.69) is 30.1 Å². The number of amides is 1. The number of fused-ring (bicyclic) bond motifs is 1. The number of benzene rings is 2. The van der Waals surface area contributed by atoms with Gasteiger partial charge in [-0.3, -0.25) is 9.78 Å². The van der Waals surface area contributed by atoms with Crippen molar-refractivity contribution in [3.63, 3.8) is 0 Å². The molecule has 1 aliphatic rings. The largest absolute Gasteiger partial charge is 0.392 e. The number of rotatable bonds is 4. The lowest BCUT2D eigenvalue weighted by molar-refractivity contribution is 0.0788. The molecule has 1 atom stereocenters. The maximum Gasteiger partial charge on any atom is 0.254 e. The minimum absolute atomic E-state index is 0.0658. The third-order valence-corrected chi connectivity index (χ3v) is 6.11. The SMILES string of the molecule is Cc1ccc2nc(C)c(C)c(C(=O)N3CC[C@H](Cc4cccc(CO)c4)C3)c2c1. The van der Waals surface area contributed by atoms with Crippen molar-refractivity contribution in [3.8, 4) is 0 Å². The van der Waals surface area contributed by atoms with E-state index in [-0.39, 0.29) is 12.5 Å². The number of pyridine rings is 1. The molecule has 1 saturated heterocycles. The molecule has 1 amide bonds. The zero-order valence-corrected chi connectivity index (χ0v) is 17.4. The summed E-state index contributed by atoms with van der Waals surface area (Å²) in [7, 11) is 0. The first-order valence-corrected chi connectivity index (χ1v) is 10.3. The van der Waals surface area contributed by atoms with Gasteiger partial charge in [-0.05, 0) is 68.4 Å². The van der Waals surface area contributed by atoms with E-state index in [1.54, 1.807) is 0 Å². The highest BCUT2D eigenvalue weighted by molar-refractivity contribution is 6.07. The second-order valence-electron chi connectivity index (χ2n) is 8.31. The number of carbonyl (C=O) groups is 1. The summed E-state index contributed by atoms with van der Waals surface area (Å²) in [5.41, 5.74) is 6.90. The molecule has 29 heavy (non-hydrogen) atoms. The Morgan fingerprint density at radius 3 is 2.72 bits per heavy atom. The average Bonchev–Trinajstić information content (AvgIpc) is 3.17. The highest BCUT2D eigenvalue weighted by atomic mass is 16.3. The number of hydrogen-bond donors (Lipinski definition) is 1. The van der Waals surface area contributed by atoms with E-state index in [4.69, 9.17) is 0 Å². The molecule has 150 valence electrons. The average molecular weight is 389 g/mol. The van der Waals surface area contributed by atoms with Crippen molar-refractivity contribution in [2.75, 3.05) is 13.1 Å². The molecule has 1 N–H and O–H groups in total. The Kier molecular flexibility index (Phi) is 5.37. The van der Waals surface area contributed by atoms with Gasteiger partial charge >= 0.3 is 0 Å². The topological polar surface area (TPSA) is 53.4 Å². The van der Waals surface area contributed by atoms with Gasteiger partial charge in [0, 0.05) is 24.2 Å². The summed E-state index contributed by atoms with van der Waals surface area (Å²) >= 11 is 0. The Labute approximate surface area is 172 Å². The summed E-state index contributed by atoms with van der Waals surface area (Å²) in [4.78, 5) is 20.2. The van der Waals surface area contributed by atoms with Gasteiger partial charge in [-0.25, -0.2) is 0 Å². The monoisotopic (exact) mass is 388 g/mol. The molecule has 1 aliphatic heterocycles. The lowest BCUT2D eigenvalue weighted by atomic mass is 9.97. The first-order valence-electron chi connectivity index (χ1n) is 10.3. The minimum Gasteiger partial charge on any atom is -0.392 e. The number of likely N-dealkylation sites (tertiary alicyclic amines) is 1. The smallest absolute Gasteiger partial charge is 0.254 e. The number of carbonyl (C=O) groups excluding carboxylic acids is 1. The molecule has 1 fully saturated rings. The molecule has 2 aromatic carbocycles. The molecular formula is C25H28N2O2. The molecule has 0 bridgehead atoms. The third-order valence-electron chi connectivity index (χ3n) is 6.11. The van der Waals surface area contributed by atoms with Gasteiger partial charge in [0.25, 0.3) is 5.91 Å². The van der Waals surface area contributed by atoms with E-state index in [9.17, 15) is 9.90 Å². The van der Waals surface area contributed by atoms with Gasteiger partial charge < -0.3 is 10.0 Å². The standard InChI is InChI=1S/C25H28N2O2/c1-16-7-8-23-22(11-16)24(17(2)18(3)26-23)25(29)27-10-9-20(14-27)12-19-5-4-6-21(13-19)15-28/h4-8,11,13,20,28H,9-10,12,14-15H2,1-3H3/t20-/m1/s1. The summed E-state index contributed by atoms with van der Waals surface area (Å²) in [5.74, 6) is 0.569. The first kappa shape index (κ1) is 19.6. The highest BCUT2D eigenvalue weighted by Gasteiger charge is 2.29. The molecule has 0 saturated carbocycles. The highest BCUT2D eigenvalue weighted by Crippen LogP contribution is 2.28. The second kappa shape index (κ2) is 7.96. The van der Waals surface area contributed by atoms with E-state index in [1.165, 1.54) is 5.56 Å². The fourth-order valence-corrected chi connectivity index (χ4v) is 4.40. The van der Waals surface area contributed by atoms with Crippen LogP contribution in [0.5, 0.6) is 0 Å². The predicted octanol–water partition coefficient (Wildman–Crippen LogP) is 4.36. The number of aliphatic hydroxyl groups is 1. The Hall–Kier alpha value is -2.72. The van der Waals surface area contributed by atoms with Crippen molar-refractivity contribution in [2.45, 2.75) is 40.2 Å². The van der Waals surface area contributed by atoms with Crippen LogP contribution in [-0.2, 0) is 13.0 Å². The first-order chi connectivity index (χ1) is 14.0. The van der Waals surface area contributed by atoms with Gasteiger partial charge in [0.15, 0.2) is 0 Å². The third kappa shape index (κ3) is 3.90. The zero-order valence-electron chi connectivity index (χ0n) is 17.4. The van der Waals surface area contributed by atoms with Crippen molar-refractivity contribution in [1.29, 1.82) is 0 Å². The van der Waals surface area contributed by atoms with Crippen molar-refractivity contribution in [2.24, 2.45) is 5.92 Å². The van der Waals surface area contributed by atoms with Crippen LogP contribution in [0.2, 0.25) is 0 Å². The van der Waals surface area contributed by atoms with Crippen LogP contribution in [0.3, 0.4) is 0 Å². The van der Waals surface area contributed by atoms with Gasteiger partial charge in [0.05, 0.1) is 17.7 Å². The summed E-state index contributed by atoms with van der Waals surface area (Å²) in [5, 5.41) is 10.3. The summed E-state index contributed by atoms with van der Waals surface area (Å²) in [6, 6.07) is 14.2. The van der Waals surface area contributed by atoms with Gasteiger partial charge in [-0.1, -0.05) is 35.9 Å². The van der Waals surface area contributed by atoms with Gasteiger partial charge in [0.1, 0.15) is 0 Å². The van der Waals surface area contributed by atoms with E-state index in [0.717, 1.165) is 64.8 Å². The molecule has 0 spiro atoms. The molecule has 0 radical (unpaired) electrons. The minimum atomic E-state index is 0.0658. The summed E-state index contributed by atoms with van der Waals surface area (Å²) in [6.07, 6.45) is 1.95. The van der Waals surface area contributed by atoms with E-state index in [1.807, 2.05) is 43.0 Å². The van der Waals surface area contributed by atoms with Crippen molar-refractivity contribution in [3.05, 3.63) is 76.0 Å². The molecule has 2 heterocycles. The second-order valence-corrected chi connectivity index (χ2v) is 8.31. The van der Waals surface area contributed by atoms with Gasteiger partial charge in [-0.2, -0.15) is 0 Å². The molecule has 3 aromatic rings. The van der Waals surface area contributed by atoms with Crippen molar-refractivity contribution < 1.29 is 9.90 Å². The normalized spacial score (nSPS) is 16.6. The van der Waals surface area contributed by atoms with Crippen LogP contribution in [0, 0.1) is 26.7 Å². The van der Waals surface area contributed by atoms with Crippen LogP contribution in [-0.4, -0.2) is 34.0 Å². The fourth-order valence-electron chi connectivity index (χ4n) is 4.40. The van der Waals surface area contributed by atoms with E-state index < -0.39 is 0 Å². The van der Waals surface area contributed by atoms with Crippen molar-refractivity contribution in [1.82, 2.24) is 9.88 Å². The van der Waals surface area contributed by atoms with Crippen molar-refractivity contribution >= 4 is 16.8 Å². The molecule has 1 aromatic heterocycles. The van der Waals surface area contributed by atoms with E-state index >= 15 is 0 Å². The number of aromatic nitrogens is 1. The lowest BCUT2D eigenvalue weighted by Gasteiger charge is -2.20. The Bertz CT molecular complexity index is 1070. The van der Waals surface area contributed by atoms with Crippen LogP contribution in [0.25, 0.3) is 10.9 Å². The number of aryl methyl sites for hydroxylation is 2. The maximum atomic E-state index is 13.5. The van der Waals surface area contributed by atoms with Crippen LogP contribution in [0.4, 0.5) is 0 Å². The number of nitrogens with zero attached hydrogens (tertiary/aromatic N) is 2. The number of hydrogen-bond acceptors (Lipinski definition) is 3. The van der Waals surface area contributed by atoms with Crippen LogP contribution < -0.4 is 0 Å². The summed E-state index contributed by atoms with van der Waals surface area (Å²) in [6.45, 7) is 7.66. The van der Waals surface area contributed by atoms with Gasteiger partial charge in [0.2, 0.25) is 0 Å². The molecule has 4 nitrogen and oxygen atoms in total. The quantitative estimate of drug-likeness (QED) is 0.723. The molecule has 4 heteroatoms. The lowest BCUT2D eigenvalue weighted by Crippen LogP contribution is -2.30. The fraction of sp³-hybridized carbons (Fsp3) is 0.360. The van der Waals surface area contributed by atoms with Crippen LogP contribution >= 0.6 is 0 Å². The summed E-state index contributed by atoms with van der Waals surface area (Å²) < 4.78 is 0. The Morgan fingerprint density at radius 1 is 1.14 bits per heavy atom. The predicted molar refractivity (Wildman–Crippen MR) is 116 cm³/mol. The maximum absolute atomic E-state index is 13.5. The molecule has 0 aliphatic carbocycles. The Morgan fingerprint density at radius 2 is 1.93 bits per heavy atom. The molecule has 0 unspecified atom stereocenters. The van der Waals surface area contributed by atoms with Crippen LogP contribution in [0.15, 0.2) is 42.5 Å². The van der Waals surface area contributed by atoms with Gasteiger partial charge in [-0.15, -0.1) is 0 Å². The number of aliphatic hydroxyl groups excluding tert-OH is 1. The van der Waals surface area contributed by atoms with E-state index in [0.29, 0.717) is 5.92 Å². The van der Waals surface area contributed by atoms with Crippen LogP contribution in [0.1, 0.15) is 44.7 Å².